The van der Waals surface area contributed by atoms with Gasteiger partial charge in [-0.2, -0.15) is 0 Å². The fourth-order valence-electron chi connectivity index (χ4n) is 0. The molecule has 8 heavy (non-hydrogen) atoms. The molecular weight excluding hydrogens is 173 g/mol. The Morgan fingerprint density at radius 2 is 1.12 bits per heavy atom. The summed E-state index contributed by atoms with van der Waals surface area (Å²) in [5.41, 5.74) is 0. The van der Waals surface area contributed by atoms with Gasteiger partial charge in [-0.15, -0.1) is 0 Å². The van der Waals surface area contributed by atoms with Crippen molar-refractivity contribution in [1.29, 1.82) is 0 Å². The Morgan fingerprint density at radius 3 is 1.12 bits per heavy atom. The molecule has 0 saturated heterocycles. The van der Waals surface area contributed by atoms with Gasteiger partial charge in [0.05, 0.1) is 0 Å². The van der Waals surface area contributed by atoms with E-state index in [9.17, 15) is 0 Å². The standard InChI is InChI=1S/Li.Mn.H3O4P.O.H/c;;1-5(2,3)4;;/h;;(H3,1,2,3,4);;. The first kappa shape index (κ1) is 16.0. The van der Waals surface area contributed by atoms with Gasteiger partial charge in [-0.3, -0.25) is 0 Å². The van der Waals surface area contributed by atoms with Crippen LogP contribution in [0, 0.1) is 0 Å². The fourth-order valence-corrected chi connectivity index (χ4v) is 0. The van der Waals surface area contributed by atoms with Gasteiger partial charge in [0.1, 0.15) is 0 Å². The summed E-state index contributed by atoms with van der Waals surface area (Å²) in [4.78, 5) is 21.6. The third-order valence-electron chi connectivity index (χ3n) is 0. The molecule has 0 aromatic heterocycles. The molecule has 0 aliphatic carbocycles. The summed E-state index contributed by atoms with van der Waals surface area (Å²) in [7, 11) is -4.64. The number of rotatable bonds is 0. The van der Waals surface area contributed by atoms with E-state index in [1.165, 1.54) is 0 Å². The molecule has 0 aliphatic heterocycles. The van der Waals surface area contributed by atoms with Crippen molar-refractivity contribution in [2.75, 3.05) is 0 Å². The molecule has 0 aliphatic rings. The summed E-state index contributed by atoms with van der Waals surface area (Å²) >= 11 is 1.69. The van der Waals surface area contributed by atoms with E-state index in [0.717, 1.165) is 0 Å². The van der Waals surface area contributed by atoms with Gasteiger partial charge in [0.25, 0.3) is 0 Å². The second kappa shape index (κ2) is 8.03. The quantitative estimate of drug-likeness (QED) is 0.302. The Labute approximate surface area is 65.9 Å². The normalized spacial score (nSPS) is 7.88. The average molecular weight is 177 g/mol. The van der Waals surface area contributed by atoms with E-state index in [-0.39, 0.29) is 18.9 Å². The van der Waals surface area contributed by atoms with E-state index in [0.29, 0.717) is 0 Å². The molecule has 0 radical (unpaired) electrons. The molecule has 0 bridgehead atoms. The van der Waals surface area contributed by atoms with Gasteiger partial charge in [0.15, 0.2) is 0 Å². The summed E-state index contributed by atoms with van der Waals surface area (Å²) in [6.45, 7) is 0. The molecule has 47 valence electrons. The average Bonchev–Trinajstić information content (AvgIpc) is 1.36. The van der Waals surface area contributed by atoms with Crippen molar-refractivity contribution in [3.8, 4) is 0 Å². The molecule has 0 atom stereocenters. The van der Waals surface area contributed by atoms with Crippen molar-refractivity contribution in [1.82, 2.24) is 0 Å². The van der Waals surface area contributed by atoms with E-state index in [2.05, 4.69) is 0 Å². The summed E-state index contributed by atoms with van der Waals surface area (Å²) < 4.78 is 16.9. The molecule has 0 fully saturated rings. The Morgan fingerprint density at radius 1 is 1.12 bits per heavy atom. The van der Waals surface area contributed by atoms with Crippen LogP contribution in [0.4, 0.5) is 0 Å². The molecule has 0 amide bonds. The minimum atomic E-state index is -4.64. The predicted octanol–water partition coefficient (Wildman–Crippen LogP) is -1.70. The van der Waals surface area contributed by atoms with Crippen molar-refractivity contribution in [2.45, 2.75) is 0 Å². The van der Waals surface area contributed by atoms with Gasteiger partial charge >= 0.3 is 46.5 Å². The number of phosphoric acid groups is 1. The van der Waals surface area contributed by atoms with Crippen molar-refractivity contribution < 1.29 is 39.0 Å². The predicted molar refractivity (Wildman–Crippen MR) is 22.1 cm³/mol. The summed E-state index contributed by atoms with van der Waals surface area (Å²) in [5.74, 6) is 0. The summed E-state index contributed by atoms with van der Waals surface area (Å²) in [5, 5.41) is 0. The van der Waals surface area contributed by atoms with Crippen molar-refractivity contribution in [2.24, 2.45) is 0 Å². The van der Waals surface area contributed by atoms with Crippen LogP contribution in [0.25, 0.3) is 0 Å². The van der Waals surface area contributed by atoms with Crippen molar-refractivity contribution >= 4 is 26.7 Å². The molecule has 3 N–H and O–H groups in total. The third kappa shape index (κ3) is 242. The van der Waals surface area contributed by atoms with Crippen LogP contribution in [-0.4, -0.2) is 33.5 Å². The Kier molecular flexibility index (Phi) is 16.1. The molecule has 0 rings (SSSR count). The Balaban J connectivity index is -0.0000000750. The minimum absolute atomic E-state index is 0. The van der Waals surface area contributed by atoms with E-state index in [4.69, 9.17) is 23.1 Å². The van der Waals surface area contributed by atoms with Crippen LogP contribution in [-0.2, 0) is 24.3 Å². The Bertz CT molecular complexity index is 68.2. The van der Waals surface area contributed by atoms with Crippen LogP contribution >= 0.6 is 7.82 Å². The van der Waals surface area contributed by atoms with Crippen LogP contribution in [0.5, 0.6) is 0 Å². The molecule has 0 aromatic rings. The second-order valence-corrected chi connectivity index (χ2v) is 1.54. The van der Waals surface area contributed by atoms with Crippen LogP contribution in [0.3, 0.4) is 0 Å². The molecule has 0 saturated carbocycles. The zero-order valence-corrected chi connectivity index (χ0v) is 5.06. The molecule has 5 nitrogen and oxygen atoms in total. The van der Waals surface area contributed by atoms with Crippen molar-refractivity contribution in [3.63, 3.8) is 0 Å². The summed E-state index contributed by atoms with van der Waals surface area (Å²) in [6, 6.07) is 0. The van der Waals surface area contributed by atoms with Gasteiger partial charge in [0.2, 0.25) is 0 Å². The van der Waals surface area contributed by atoms with Gasteiger partial charge in [0, 0.05) is 0 Å². The van der Waals surface area contributed by atoms with Crippen LogP contribution < -0.4 is 0 Å². The zero-order chi connectivity index (χ0) is 6.50. The summed E-state index contributed by atoms with van der Waals surface area (Å²) in [6.07, 6.45) is 0. The number of hydrogen-bond donors (Lipinski definition) is 3. The van der Waals surface area contributed by atoms with Crippen molar-refractivity contribution in [3.05, 3.63) is 0 Å². The van der Waals surface area contributed by atoms with E-state index < -0.39 is 7.82 Å². The first-order chi connectivity index (χ1) is 3.00. The SMILES string of the molecule is O=P(O)(O)O.[LiH].[O]=[Mn]. The zero-order valence-electron chi connectivity index (χ0n) is 2.98. The molecule has 0 spiro atoms. The third-order valence-corrected chi connectivity index (χ3v) is 0. The maximum atomic E-state index is 8.88. The molecule has 8 heteroatoms. The second-order valence-electron chi connectivity index (χ2n) is 0.513. The van der Waals surface area contributed by atoms with Gasteiger partial charge in [-0.25, -0.2) is 4.57 Å². The van der Waals surface area contributed by atoms with Gasteiger partial charge < -0.3 is 14.7 Å². The van der Waals surface area contributed by atoms with Crippen LogP contribution in [0.2, 0.25) is 0 Å². The van der Waals surface area contributed by atoms with Crippen LogP contribution in [0.1, 0.15) is 0 Å². The van der Waals surface area contributed by atoms with Crippen LogP contribution in [0.15, 0.2) is 0 Å². The Hall–Kier alpha value is 1.03. The fraction of sp³-hybridized carbons (Fsp3) is 0. The van der Waals surface area contributed by atoms with Gasteiger partial charge in [-0.1, -0.05) is 0 Å². The molecular formula is H4LiMnO5P. The first-order valence-electron chi connectivity index (χ1n) is 0.937. The monoisotopic (exact) mass is 177 g/mol. The first-order valence-corrected chi connectivity index (χ1v) is 2.98. The maximum absolute atomic E-state index is 8.88. The van der Waals surface area contributed by atoms with E-state index in [1.807, 2.05) is 0 Å². The molecule has 0 heterocycles. The molecule has 0 aromatic carbocycles. The van der Waals surface area contributed by atoms with E-state index >= 15 is 0 Å². The van der Waals surface area contributed by atoms with Gasteiger partial charge in [-0.05, 0) is 0 Å². The molecule has 0 unspecified atom stereocenters. The topological polar surface area (TPSA) is 94.8 Å². The van der Waals surface area contributed by atoms with E-state index in [1.54, 1.807) is 15.9 Å². The number of hydrogen-bond acceptors (Lipinski definition) is 2.